The van der Waals surface area contributed by atoms with E-state index in [1.165, 1.54) is 19.1 Å². The minimum absolute atomic E-state index is 0.0330. The van der Waals surface area contributed by atoms with Crippen LogP contribution < -0.4 is 5.32 Å². The maximum absolute atomic E-state index is 13.8. The van der Waals surface area contributed by atoms with Crippen molar-refractivity contribution in [3.8, 4) is 0 Å². The number of anilines is 1. The monoisotopic (exact) mass is 383 g/mol. The van der Waals surface area contributed by atoms with Crippen molar-refractivity contribution >= 4 is 17.7 Å². The molecule has 0 fully saturated rings. The van der Waals surface area contributed by atoms with Crippen LogP contribution in [0, 0.1) is 11.6 Å². The molecule has 0 aliphatic rings. The van der Waals surface area contributed by atoms with Gasteiger partial charge in [-0.05, 0) is 18.6 Å². The van der Waals surface area contributed by atoms with Crippen molar-refractivity contribution in [1.82, 2.24) is 9.88 Å². The number of hydrogen-bond donors (Lipinski definition) is 1. The van der Waals surface area contributed by atoms with Crippen molar-refractivity contribution in [1.29, 1.82) is 0 Å². The van der Waals surface area contributed by atoms with Gasteiger partial charge in [-0.3, -0.25) is 0 Å². The lowest BCUT2D eigenvalue weighted by Crippen LogP contribution is -2.36. The number of benzene rings is 1. The van der Waals surface area contributed by atoms with Crippen molar-refractivity contribution < 1.29 is 32.3 Å². The number of rotatable bonds is 8. The first-order valence-corrected chi connectivity index (χ1v) is 7.97. The number of oxazole rings is 1. The predicted molar refractivity (Wildman–Crippen MR) is 90.1 cm³/mol. The molecule has 1 heterocycles. The number of aromatic nitrogens is 1. The van der Waals surface area contributed by atoms with Gasteiger partial charge >= 0.3 is 12.0 Å². The fraction of sp³-hybridized carbons (Fsp3) is 0.353. The van der Waals surface area contributed by atoms with E-state index >= 15 is 0 Å². The lowest BCUT2D eigenvalue weighted by molar-refractivity contribution is 0.0594. The summed E-state index contributed by atoms with van der Waals surface area (Å²) in [6, 6.07) is 2.18. The molecular weight excluding hydrogens is 364 g/mol. The van der Waals surface area contributed by atoms with Gasteiger partial charge in [-0.2, -0.15) is 0 Å². The van der Waals surface area contributed by atoms with Crippen molar-refractivity contribution in [2.75, 3.05) is 32.7 Å². The maximum atomic E-state index is 13.8. The Bertz CT molecular complexity index is 797. The zero-order valence-corrected chi connectivity index (χ0v) is 14.8. The molecule has 10 heteroatoms. The largest absolute Gasteiger partial charge is 0.464 e. The number of halogens is 2. The third-order valence-electron chi connectivity index (χ3n) is 3.51. The molecule has 0 radical (unpaired) electrons. The van der Waals surface area contributed by atoms with Crippen LogP contribution >= 0.6 is 0 Å². The van der Waals surface area contributed by atoms with Crippen molar-refractivity contribution in [2.45, 2.75) is 13.0 Å². The third-order valence-corrected chi connectivity index (χ3v) is 3.51. The molecule has 8 nitrogen and oxygen atoms in total. The van der Waals surface area contributed by atoms with Gasteiger partial charge in [0.1, 0.15) is 17.9 Å². The molecule has 0 saturated heterocycles. The van der Waals surface area contributed by atoms with Gasteiger partial charge in [0.05, 0.1) is 19.3 Å². The fourth-order valence-electron chi connectivity index (χ4n) is 2.18. The second-order valence-corrected chi connectivity index (χ2v) is 5.44. The van der Waals surface area contributed by atoms with E-state index in [0.29, 0.717) is 19.1 Å². The maximum Gasteiger partial charge on any atom is 0.360 e. The summed E-state index contributed by atoms with van der Waals surface area (Å²) in [5, 5.41) is 2.37. The van der Waals surface area contributed by atoms with Crippen molar-refractivity contribution in [3.05, 3.63) is 47.7 Å². The lowest BCUT2D eigenvalue weighted by atomic mass is 10.3. The summed E-state index contributed by atoms with van der Waals surface area (Å²) >= 11 is 0. The van der Waals surface area contributed by atoms with Gasteiger partial charge in [0.2, 0.25) is 5.89 Å². The zero-order valence-electron chi connectivity index (χ0n) is 14.8. The molecule has 27 heavy (non-hydrogen) atoms. The quantitative estimate of drug-likeness (QED) is 0.557. The summed E-state index contributed by atoms with van der Waals surface area (Å²) < 4.78 is 41.4. The van der Waals surface area contributed by atoms with E-state index in [1.807, 2.05) is 0 Å². The third kappa shape index (κ3) is 5.74. The summed E-state index contributed by atoms with van der Waals surface area (Å²) in [5.74, 6) is -2.22. The van der Waals surface area contributed by atoms with E-state index in [2.05, 4.69) is 15.0 Å². The molecule has 2 rings (SSSR count). The minimum Gasteiger partial charge on any atom is -0.464 e. The van der Waals surface area contributed by atoms with Crippen LogP contribution in [0.5, 0.6) is 0 Å². The Morgan fingerprint density at radius 1 is 1.30 bits per heavy atom. The normalized spacial score (nSPS) is 10.5. The molecule has 0 spiro atoms. The second kappa shape index (κ2) is 9.62. The summed E-state index contributed by atoms with van der Waals surface area (Å²) in [6.07, 6.45) is 1.62. The summed E-state index contributed by atoms with van der Waals surface area (Å²) in [5.41, 5.74) is -0.199. The Hall–Kier alpha value is -3.01. The van der Waals surface area contributed by atoms with Gasteiger partial charge in [-0.15, -0.1) is 0 Å². The highest BCUT2D eigenvalue weighted by Crippen LogP contribution is 2.16. The topological polar surface area (TPSA) is 93.9 Å². The van der Waals surface area contributed by atoms with E-state index in [1.54, 1.807) is 0 Å². The van der Waals surface area contributed by atoms with Gasteiger partial charge in [-0.25, -0.2) is 23.4 Å². The number of ether oxygens (including phenoxy) is 2. The van der Waals surface area contributed by atoms with Gasteiger partial charge in [0, 0.05) is 26.3 Å². The van der Waals surface area contributed by atoms with E-state index < -0.39 is 23.6 Å². The molecule has 146 valence electrons. The van der Waals surface area contributed by atoms with Crippen LogP contribution in [-0.4, -0.2) is 49.3 Å². The molecule has 0 unspecified atom stereocenters. The fourth-order valence-corrected chi connectivity index (χ4v) is 2.18. The van der Waals surface area contributed by atoms with Crippen LogP contribution in [0.25, 0.3) is 0 Å². The van der Waals surface area contributed by atoms with Gasteiger partial charge in [0.25, 0.3) is 0 Å². The predicted octanol–water partition coefficient (Wildman–Crippen LogP) is 2.81. The SMILES string of the molecule is COCCCN(Cc1nc(C(=O)OC)co1)C(=O)Nc1ccc(F)cc1F. The molecule has 2 aromatic rings. The highest BCUT2D eigenvalue weighted by Gasteiger charge is 2.20. The molecular formula is C17H19F2N3O5. The number of carbonyl (C=O) groups is 2. The summed E-state index contributed by atoms with van der Waals surface area (Å²) in [7, 11) is 2.73. The Labute approximate surface area is 154 Å². The lowest BCUT2D eigenvalue weighted by Gasteiger charge is -2.21. The number of urea groups is 1. The van der Waals surface area contributed by atoms with E-state index in [0.717, 1.165) is 18.4 Å². The Balaban J connectivity index is 2.11. The number of nitrogens with one attached hydrogen (secondary N) is 1. The van der Waals surface area contributed by atoms with Crippen LogP contribution in [0.1, 0.15) is 22.8 Å². The van der Waals surface area contributed by atoms with E-state index in [-0.39, 0.29) is 30.4 Å². The average Bonchev–Trinajstić information content (AvgIpc) is 3.11. The highest BCUT2D eigenvalue weighted by molar-refractivity contribution is 5.89. The molecule has 0 saturated carbocycles. The smallest absolute Gasteiger partial charge is 0.360 e. The van der Waals surface area contributed by atoms with Gasteiger partial charge < -0.3 is 24.1 Å². The highest BCUT2D eigenvalue weighted by atomic mass is 19.1. The second-order valence-electron chi connectivity index (χ2n) is 5.44. The Morgan fingerprint density at radius 3 is 2.74 bits per heavy atom. The van der Waals surface area contributed by atoms with Gasteiger partial charge in [0.15, 0.2) is 5.69 Å². The molecule has 0 atom stereocenters. The first-order chi connectivity index (χ1) is 12.9. The van der Waals surface area contributed by atoms with Crippen LogP contribution in [-0.2, 0) is 16.0 Å². The number of methoxy groups -OCH3 is 2. The standard InChI is InChI=1S/C17H19F2N3O5/c1-25-7-3-6-22(9-15-20-14(10-27-15)16(23)26-2)17(24)21-13-5-4-11(18)8-12(13)19/h4-5,8,10H,3,6-7,9H2,1-2H3,(H,21,24). The van der Waals surface area contributed by atoms with E-state index in [4.69, 9.17) is 9.15 Å². The molecule has 0 aliphatic heterocycles. The Kier molecular flexibility index (Phi) is 7.24. The van der Waals surface area contributed by atoms with Crippen LogP contribution in [0.2, 0.25) is 0 Å². The van der Waals surface area contributed by atoms with Crippen molar-refractivity contribution in [3.63, 3.8) is 0 Å². The zero-order chi connectivity index (χ0) is 19.8. The summed E-state index contributed by atoms with van der Waals surface area (Å²) in [4.78, 5) is 29.2. The number of carbonyl (C=O) groups excluding carboxylic acids is 2. The molecule has 0 aliphatic carbocycles. The van der Waals surface area contributed by atoms with E-state index in [9.17, 15) is 18.4 Å². The first kappa shape index (κ1) is 20.3. The van der Waals surface area contributed by atoms with Crippen LogP contribution in [0.3, 0.4) is 0 Å². The van der Waals surface area contributed by atoms with Crippen LogP contribution in [0.15, 0.2) is 28.9 Å². The first-order valence-electron chi connectivity index (χ1n) is 7.97. The number of hydrogen-bond acceptors (Lipinski definition) is 6. The Morgan fingerprint density at radius 2 is 2.07 bits per heavy atom. The van der Waals surface area contributed by atoms with Gasteiger partial charge in [-0.1, -0.05) is 0 Å². The molecule has 1 aromatic heterocycles. The molecule has 1 N–H and O–H groups in total. The molecule has 1 aromatic carbocycles. The minimum atomic E-state index is -0.899. The molecule has 2 amide bonds. The molecule has 0 bridgehead atoms. The number of nitrogens with zero attached hydrogens (tertiary/aromatic N) is 2. The summed E-state index contributed by atoms with van der Waals surface area (Å²) in [6.45, 7) is 0.571. The number of esters is 1. The van der Waals surface area contributed by atoms with Crippen LogP contribution in [0.4, 0.5) is 19.3 Å². The average molecular weight is 383 g/mol. The number of amides is 2. The van der Waals surface area contributed by atoms with Crippen molar-refractivity contribution in [2.24, 2.45) is 0 Å².